The van der Waals surface area contributed by atoms with Gasteiger partial charge in [0.25, 0.3) is 0 Å². The van der Waals surface area contributed by atoms with Gasteiger partial charge in [-0.15, -0.1) is 0 Å². The fraction of sp³-hybridized carbons (Fsp3) is 0.632. The monoisotopic (exact) mass is 316 g/mol. The van der Waals surface area contributed by atoms with Gasteiger partial charge < -0.3 is 15.4 Å². The highest BCUT2D eigenvalue weighted by Gasteiger charge is 2.36. The predicted octanol–water partition coefficient (Wildman–Crippen LogP) is 2.30. The van der Waals surface area contributed by atoms with Gasteiger partial charge in [-0.2, -0.15) is 0 Å². The lowest BCUT2D eigenvalue weighted by molar-refractivity contribution is -0.122. The second-order valence-electron chi connectivity index (χ2n) is 7.06. The predicted molar refractivity (Wildman–Crippen MR) is 91.6 cm³/mol. The topological polar surface area (TPSA) is 50.4 Å². The van der Waals surface area contributed by atoms with Crippen LogP contribution in [-0.4, -0.2) is 38.3 Å². The van der Waals surface area contributed by atoms with Crippen molar-refractivity contribution in [2.24, 2.45) is 0 Å². The molecule has 2 fully saturated rings. The minimum absolute atomic E-state index is 0.123. The molecule has 1 aromatic rings. The highest BCUT2D eigenvalue weighted by molar-refractivity contribution is 5.76. The maximum absolute atomic E-state index is 12.3. The van der Waals surface area contributed by atoms with Crippen molar-refractivity contribution >= 4 is 5.91 Å². The van der Waals surface area contributed by atoms with Crippen LogP contribution in [0.2, 0.25) is 0 Å². The number of morpholine rings is 1. The van der Waals surface area contributed by atoms with E-state index in [9.17, 15) is 4.79 Å². The van der Waals surface area contributed by atoms with E-state index in [1.54, 1.807) is 0 Å². The first-order valence-electron chi connectivity index (χ1n) is 8.83. The summed E-state index contributed by atoms with van der Waals surface area (Å²) < 4.78 is 5.42. The summed E-state index contributed by atoms with van der Waals surface area (Å²) in [4.78, 5) is 12.3. The van der Waals surface area contributed by atoms with Crippen LogP contribution in [0, 0.1) is 6.92 Å². The third kappa shape index (κ3) is 4.12. The van der Waals surface area contributed by atoms with E-state index in [2.05, 4.69) is 41.8 Å². The van der Waals surface area contributed by atoms with E-state index >= 15 is 0 Å². The highest BCUT2D eigenvalue weighted by Crippen LogP contribution is 2.40. The minimum atomic E-state index is 0.123. The summed E-state index contributed by atoms with van der Waals surface area (Å²) in [6.45, 7) is 5.11. The van der Waals surface area contributed by atoms with Gasteiger partial charge in [-0.05, 0) is 25.3 Å². The Bertz CT molecular complexity index is 532. The second kappa shape index (κ2) is 7.45. The van der Waals surface area contributed by atoms with Crippen LogP contribution in [0.1, 0.15) is 43.2 Å². The van der Waals surface area contributed by atoms with Gasteiger partial charge in [-0.25, -0.2) is 0 Å². The molecule has 0 aromatic heterocycles. The SMILES string of the molecule is Cc1cccc(C2(CNC(=O)CC3COCCN3)CCCC2)c1. The number of nitrogens with one attached hydrogen (secondary N) is 2. The molecule has 126 valence electrons. The van der Waals surface area contributed by atoms with Crippen molar-refractivity contribution in [2.45, 2.75) is 50.5 Å². The van der Waals surface area contributed by atoms with Gasteiger partial charge in [0.15, 0.2) is 0 Å². The number of aryl methyl sites for hydroxylation is 1. The van der Waals surface area contributed by atoms with E-state index in [-0.39, 0.29) is 17.4 Å². The number of carbonyl (C=O) groups is 1. The maximum atomic E-state index is 12.3. The first-order valence-corrected chi connectivity index (χ1v) is 8.83. The third-order valence-corrected chi connectivity index (χ3v) is 5.25. The van der Waals surface area contributed by atoms with Crippen molar-refractivity contribution in [1.82, 2.24) is 10.6 Å². The smallest absolute Gasteiger partial charge is 0.221 e. The Morgan fingerprint density at radius 2 is 2.22 bits per heavy atom. The minimum Gasteiger partial charge on any atom is -0.378 e. The lowest BCUT2D eigenvalue weighted by atomic mass is 9.78. The number of amides is 1. The molecule has 2 aliphatic rings. The van der Waals surface area contributed by atoms with E-state index < -0.39 is 0 Å². The van der Waals surface area contributed by atoms with Crippen molar-refractivity contribution in [1.29, 1.82) is 0 Å². The van der Waals surface area contributed by atoms with E-state index in [1.807, 2.05) is 0 Å². The Labute approximate surface area is 139 Å². The molecule has 1 atom stereocenters. The molecule has 1 saturated heterocycles. The lowest BCUT2D eigenvalue weighted by Crippen LogP contribution is -2.46. The van der Waals surface area contributed by atoms with Gasteiger partial charge in [0.1, 0.15) is 0 Å². The summed E-state index contributed by atoms with van der Waals surface area (Å²) in [5.74, 6) is 0.131. The van der Waals surface area contributed by atoms with Gasteiger partial charge in [0, 0.05) is 31.0 Å². The molecule has 0 spiro atoms. The molecule has 3 rings (SSSR count). The molecular weight excluding hydrogens is 288 g/mol. The standard InChI is InChI=1S/C19H28N2O2/c1-15-5-4-6-16(11-15)19(7-2-3-8-19)14-21-18(22)12-17-13-23-10-9-20-17/h4-6,11,17,20H,2-3,7-10,12-14H2,1H3,(H,21,22). The van der Waals surface area contributed by atoms with Crippen LogP contribution in [0.3, 0.4) is 0 Å². The molecule has 0 bridgehead atoms. The van der Waals surface area contributed by atoms with Crippen LogP contribution in [0.15, 0.2) is 24.3 Å². The van der Waals surface area contributed by atoms with Crippen LogP contribution in [-0.2, 0) is 14.9 Å². The zero-order chi connectivity index (χ0) is 16.1. The van der Waals surface area contributed by atoms with Crippen molar-refractivity contribution in [2.75, 3.05) is 26.3 Å². The zero-order valence-electron chi connectivity index (χ0n) is 14.1. The van der Waals surface area contributed by atoms with Crippen LogP contribution < -0.4 is 10.6 Å². The quantitative estimate of drug-likeness (QED) is 0.876. The second-order valence-corrected chi connectivity index (χ2v) is 7.06. The summed E-state index contributed by atoms with van der Waals surface area (Å²) in [5.41, 5.74) is 2.80. The molecule has 4 nitrogen and oxygen atoms in total. The molecule has 1 saturated carbocycles. The molecule has 1 unspecified atom stereocenters. The summed E-state index contributed by atoms with van der Waals surface area (Å²) in [6, 6.07) is 8.94. The maximum Gasteiger partial charge on any atom is 0.221 e. The normalized spacial score (nSPS) is 23.6. The number of hydrogen-bond acceptors (Lipinski definition) is 3. The number of rotatable bonds is 5. The van der Waals surface area contributed by atoms with E-state index in [0.717, 1.165) is 19.7 Å². The molecule has 2 N–H and O–H groups in total. The van der Waals surface area contributed by atoms with Crippen LogP contribution in [0.25, 0.3) is 0 Å². The van der Waals surface area contributed by atoms with Gasteiger partial charge in [0.05, 0.1) is 13.2 Å². The van der Waals surface area contributed by atoms with Crippen LogP contribution in [0.5, 0.6) is 0 Å². The molecule has 1 aromatic carbocycles. The molecule has 23 heavy (non-hydrogen) atoms. The summed E-state index contributed by atoms with van der Waals surface area (Å²) >= 11 is 0. The van der Waals surface area contributed by atoms with Crippen molar-refractivity contribution in [3.05, 3.63) is 35.4 Å². The third-order valence-electron chi connectivity index (χ3n) is 5.25. The zero-order valence-corrected chi connectivity index (χ0v) is 14.1. The summed E-state index contributed by atoms with van der Waals surface area (Å²) in [7, 11) is 0. The Hall–Kier alpha value is -1.39. The number of hydrogen-bond donors (Lipinski definition) is 2. The molecule has 4 heteroatoms. The Morgan fingerprint density at radius 1 is 1.39 bits per heavy atom. The van der Waals surface area contributed by atoms with Gasteiger partial charge in [-0.3, -0.25) is 4.79 Å². The summed E-state index contributed by atoms with van der Waals surface area (Å²) in [5, 5.41) is 6.54. The van der Waals surface area contributed by atoms with Crippen molar-refractivity contribution in [3.8, 4) is 0 Å². The molecule has 1 heterocycles. The molecule has 1 aliphatic carbocycles. The van der Waals surface area contributed by atoms with E-state index in [4.69, 9.17) is 4.74 Å². The van der Waals surface area contributed by atoms with Gasteiger partial charge in [-0.1, -0.05) is 42.7 Å². The average Bonchev–Trinajstić information content (AvgIpc) is 3.04. The fourth-order valence-electron chi connectivity index (χ4n) is 3.91. The molecular formula is C19H28N2O2. The molecule has 0 radical (unpaired) electrons. The average molecular weight is 316 g/mol. The lowest BCUT2D eigenvalue weighted by Gasteiger charge is -2.31. The highest BCUT2D eigenvalue weighted by atomic mass is 16.5. The van der Waals surface area contributed by atoms with Crippen molar-refractivity contribution in [3.63, 3.8) is 0 Å². The van der Waals surface area contributed by atoms with Crippen LogP contribution in [0.4, 0.5) is 0 Å². The molecule has 1 amide bonds. The van der Waals surface area contributed by atoms with E-state index in [0.29, 0.717) is 13.0 Å². The Kier molecular flexibility index (Phi) is 5.34. The van der Waals surface area contributed by atoms with Gasteiger partial charge in [0.2, 0.25) is 5.91 Å². The first kappa shape index (κ1) is 16.5. The van der Waals surface area contributed by atoms with Crippen molar-refractivity contribution < 1.29 is 9.53 Å². The number of ether oxygens (including phenoxy) is 1. The Morgan fingerprint density at radius 3 is 2.91 bits per heavy atom. The van der Waals surface area contributed by atoms with Gasteiger partial charge >= 0.3 is 0 Å². The summed E-state index contributed by atoms with van der Waals surface area (Å²) in [6.07, 6.45) is 5.34. The van der Waals surface area contributed by atoms with Crippen LogP contribution >= 0.6 is 0 Å². The Balaban J connectivity index is 1.60. The largest absolute Gasteiger partial charge is 0.378 e. The number of benzene rings is 1. The van der Waals surface area contributed by atoms with E-state index in [1.165, 1.54) is 36.8 Å². The fourth-order valence-corrected chi connectivity index (χ4v) is 3.91. The first-order chi connectivity index (χ1) is 11.2. The number of carbonyl (C=O) groups excluding carboxylic acids is 1. The molecule has 1 aliphatic heterocycles.